The Kier molecular flexibility index (Phi) is 7.52. The summed E-state index contributed by atoms with van der Waals surface area (Å²) in [6.07, 6.45) is 0.703. The number of amides is 3. The first-order chi connectivity index (χ1) is 13.3. The molecule has 0 saturated carbocycles. The van der Waals surface area contributed by atoms with Crippen molar-refractivity contribution in [2.45, 2.75) is 17.6 Å². The molecule has 2 rings (SSSR count). The van der Waals surface area contributed by atoms with Crippen molar-refractivity contribution in [1.29, 1.82) is 0 Å². The Hall–Kier alpha value is -2.92. The van der Waals surface area contributed by atoms with Gasteiger partial charge in [-0.3, -0.25) is 14.8 Å². The van der Waals surface area contributed by atoms with Crippen LogP contribution in [0.3, 0.4) is 0 Å². The average Bonchev–Trinajstić information content (AvgIpc) is 3.20. The number of rotatable bonds is 8. The zero-order valence-corrected chi connectivity index (χ0v) is 16.6. The van der Waals surface area contributed by atoms with E-state index >= 15 is 0 Å². The van der Waals surface area contributed by atoms with E-state index in [2.05, 4.69) is 10.0 Å². The molecule has 9 nitrogen and oxygen atoms in total. The van der Waals surface area contributed by atoms with E-state index in [9.17, 15) is 22.8 Å². The van der Waals surface area contributed by atoms with Crippen molar-refractivity contribution >= 4 is 45.0 Å². The average molecular weight is 425 g/mol. The third-order valence-corrected chi connectivity index (χ3v) is 6.04. The molecule has 0 unspecified atom stereocenters. The highest BCUT2D eigenvalue weighted by Gasteiger charge is 2.20. The number of hydrogen-bond acceptors (Lipinski definition) is 7. The van der Waals surface area contributed by atoms with Crippen molar-refractivity contribution in [2.24, 2.45) is 0 Å². The van der Waals surface area contributed by atoms with Gasteiger partial charge in [0.2, 0.25) is 0 Å². The normalized spacial score (nSPS) is 10.8. The van der Waals surface area contributed by atoms with E-state index in [1.807, 2.05) is 12.2 Å². The van der Waals surface area contributed by atoms with Crippen LogP contribution < -0.4 is 15.4 Å². The molecule has 0 aliphatic heterocycles. The number of sulfonamides is 1. The fraction of sp³-hybridized carbons (Fsp3) is 0.235. The number of nitrogens with one attached hydrogen (secondary N) is 3. The van der Waals surface area contributed by atoms with Gasteiger partial charge in [0.05, 0.1) is 11.3 Å². The molecule has 0 spiro atoms. The van der Waals surface area contributed by atoms with Crippen molar-refractivity contribution in [2.75, 3.05) is 17.9 Å². The van der Waals surface area contributed by atoms with E-state index in [4.69, 9.17) is 4.74 Å². The molecule has 0 fully saturated rings. The third kappa shape index (κ3) is 6.06. The number of anilines is 1. The molecule has 0 atom stereocenters. The fourth-order valence-electron chi connectivity index (χ4n) is 2.02. The standard InChI is InChI=1S/C17H19N3O6S2/c1-2-9-18-17(23)19-14(21)11-26-16(22)12-6-3-4-7-13(12)20-28(24,25)15-8-5-10-27-15/h3-8,10,20H,2,9,11H2,1H3,(H2,18,19,21,23). The minimum absolute atomic E-state index is 0.0157. The van der Waals surface area contributed by atoms with Crippen molar-refractivity contribution in [1.82, 2.24) is 10.6 Å². The first-order valence-corrected chi connectivity index (χ1v) is 10.6. The lowest BCUT2D eigenvalue weighted by atomic mass is 10.2. The van der Waals surface area contributed by atoms with Crippen LogP contribution in [0.4, 0.5) is 10.5 Å². The Labute approximate surface area is 166 Å². The van der Waals surface area contributed by atoms with Gasteiger partial charge < -0.3 is 10.1 Å². The SMILES string of the molecule is CCCNC(=O)NC(=O)COC(=O)c1ccccc1NS(=O)(=O)c1cccs1. The molecule has 28 heavy (non-hydrogen) atoms. The maximum atomic E-state index is 12.3. The molecule has 11 heteroatoms. The van der Waals surface area contributed by atoms with Gasteiger partial charge in [-0.2, -0.15) is 0 Å². The number of para-hydroxylation sites is 1. The summed E-state index contributed by atoms with van der Waals surface area (Å²) in [5.41, 5.74) is -0.0483. The van der Waals surface area contributed by atoms with E-state index in [1.165, 1.54) is 24.3 Å². The number of benzene rings is 1. The lowest BCUT2D eigenvalue weighted by Crippen LogP contribution is -2.41. The van der Waals surface area contributed by atoms with Crippen molar-refractivity contribution < 1.29 is 27.5 Å². The van der Waals surface area contributed by atoms with Gasteiger partial charge in [0, 0.05) is 6.54 Å². The second-order valence-electron chi connectivity index (χ2n) is 5.46. The molecule has 3 N–H and O–H groups in total. The summed E-state index contributed by atoms with van der Waals surface area (Å²) in [7, 11) is -3.85. The van der Waals surface area contributed by atoms with Gasteiger partial charge in [0.25, 0.3) is 15.9 Å². The second-order valence-corrected chi connectivity index (χ2v) is 8.32. The third-order valence-electron chi connectivity index (χ3n) is 3.27. The lowest BCUT2D eigenvalue weighted by molar-refractivity contribution is -0.123. The highest BCUT2D eigenvalue weighted by Crippen LogP contribution is 2.23. The van der Waals surface area contributed by atoms with Crippen LogP contribution in [0.1, 0.15) is 23.7 Å². The van der Waals surface area contributed by atoms with Crippen molar-refractivity contribution in [3.8, 4) is 0 Å². The van der Waals surface area contributed by atoms with E-state index in [0.29, 0.717) is 13.0 Å². The summed E-state index contributed by atoms with van der Waals surface area (Å²) in [6, 6.07) is 8.18. The van der Waals surface area contributed by atoms with Crippen LogP contribution in [-0.4, -0.2) is 39.5 Å². The first kappa shape index (κ1) is 21.4. The smallest absolute Gasteiger partial charge is 0.340 e. The molecule has 0 bridgehead atoms. The van der Waals surface area contributed by atoms with E-state index < -0.39 is 34.5 Å². The minimum Gasteiger partial charge on any atom is -0.452 e. The predicted octanol–water partition coefficient (Wildman–Crippen LogP) is 1.94. The monoisotopic (exact) mass is 425 g/mol. The molecule has 150 valence electrons. The van der Waals surface area contributed by atoms with Crippen LogP contribution in [0.25, 0.3) is 0 Å². The highest BCUT2D eigenvalue weighted by atomic mass is 32.2. The highest BCUT2D eigenvalue weighted by molar-refractivity contribution is 7.94. The van der Waals surface area contributed by atoms with Crippen molar-refractivity contribution in [3.05, 3.63) is 47.3 Å². The van der Waals surface area contributed by atoms with Crippen LogP contribution >= 0.6 is 11.3 Å². The van der Waals surface area contributed by atoms with Crippen LogP contribution in [0, 0.1) is 0 Å². The summed E-state index contributed by atoms with van der Waals surface area (Å²) >= 11 is 1.03. The number of urea groups is 1. The van der Waals surface area contributed by atoms with Crippen LogP contribution in [-0.2, 0) is 19.6 Å². The summed E-state index contributed by atoms with van der Waals surface area (Å²) < 4.78 is 32.0. The number of carbonyl (C=O) groups is 3. The molecule has 3 amide bonds. The van der Waals surface area contributed by atoms with Gasteiger partial charge in [-0.05, 0) is 30.0 Å². The number of imide groups is 1. The molecule has 1 aromatic carbocycles. The summed E-state index contributed by atoms with van der Waals surface area (Å²) in [6.45, 7) is 1.56. The summed E-state index contributed by atoms with van der Waals surface area (Å²) in [5.74, 6) is -1.72. The van der Waals surface area contributed by atoms with E-state index in [0.717, 1.165) is 11.3 Å². The Bertz CT molecular complexity index is 942. The first-order valence-electron chi connectivity index (χ1n) is 8.23. The zero-order chi connectivity index (χ0) is 20.6. The summed E-state index contributed by atoms with van der Waals surface area (Å²) in [5, 5.41) is 6.08. The number of carbonyl (C=O) groups excluding carboxylic acids is 3. The molecule has 0 radical (unpaired) electrons. The molecule has 1 heterocycles. The maximum Gasteiger partial charge on any atom is 0.340 e. The zero-order valence-electron chi connectivity index (χ0n) is 14.9. The summed E-state index contributed by atoms with van der Waals surface area (Å²) in [4.78, 5) is 35.3. The van der Waals surface area contributed by atoms with E-state index in [1.54, 1.807) is 17.5 Å². The number of esters is 1. The van der Waals surface area contributed by atoms with Crippen LogP contribution in [0.15, 0.2) is 46.0 Å². The largest absolute Gasteiger partial charge is 0.452 e. The Morgan fingerprint density at radius 1 is 1.11 bits per heavy atom. The van der Waals surface area contributed by atoms with Gasteiger partial charge in [0.1, 0.15) is 4.21 Å². The molecule has 1 aromatic heterocycles. The van der Waals surface area contributed by atoms with Gasteiger partial charge in [-0.25, -0.2) is 18.0 Å². The van der Waals surface area contributed by atoms with Crippen LogP contribution in [0.5, 0.6) is 0 Å². The Morgan fingerprint density at radius 2 is 1.86 bits per heavy atom. The van der Waals surface area contributed by atoms with Crippen LogP contribution in [0.2, 0.25) is 0 Å². The van der Waals surface area contributed by atoms with Gasteiger partial charge >= 0.3 is 12.0 Å². The van der Waals surface area contributed by atoms with E-state index in [-0.39, 0.29) is 15.5 Å². The second kappa shape index (κ2) is 9.85. The molecule has 0 saturated heterocycles. The maximum absolute atomic E-state index is 12.3. The van der Waals surface area contributed by atoms with Gasteiger partial charge in [0.15, 0.2) is 6.61 Å². The van der Waals surface area contributed by atoms with Gasteiger partial charge in [-0.1, -0.05) is 25.1 Å². The molecule has 0 aliphatic carbocycles. The molecular weight excluding hydrogens is 406 g/mol. The number of ether oxygens (including phenoxy) is 1. The number of thiophene rings is 1. The molecular formula is C17H19N3O6S2. The number of hydrogen-bond donors (Lipinski definition) is 3. The van der Waals surface area contributed by atoms with Gasteiger partial charge in [-0.15, -0.1) is 11.3 Å². The lowest BCUT2D eigenvalue weighted by Gasteiger charge is -2.11. The molecule has 2 aromatic rings. The molecule has 0 aliphatic rings. The Balaban J connectivity index is 2.01. The Morgan fingerprint density at radius 3 is 2.54 bits per heavy atom. The topological polar surface area (TPSA) is 131 Å². The van der Waals surface area contributed by atoms with Crippen molar-refractivity contribution in [3.63, 3.8) is 0 Å². The quantitative estimate of drug-likeness (QED) is 0.554. The fourth-order valence-corrected chi connectivity index (χ4v) is 4.09. The minimum atomic E-state index is -3.85. The predicted molar refractivity (Wildman–Crippen MR) is 104 cm³/mol.